The summed E-state index contributed by atoms with van der Waals surface area (Å²) >= 11 is 0. The second kappa shape index (κ2) is 10.9. The number of fused-ring (bicyclic) bond motifs is 1. The Morgan fingerprint density at radius 2 is 1.82 bits per heavy atom. The van der Waals surface area contributed by atoms with Gasteiger partial charge in [-0.1, -0.05) is 5.16 Å². The molecule has 1 atom stereocenters. The smallest absolute Gasteiger partial charge is 0.424 e. The van der Waals surface area contributed by atoms with Gasteiger partial charge in [0, 0.05) is 22.1 Å². The van der Waals surface area contributed by atoms with Crippen molar-refractivity contribution in [3.63, 3.8) is 0 Å². The predicted molar refractivity (Wildman–Crippen MR) is 135 cm³/mol. The summed E-state index contributed by atoms with van der Waals surface area (Å²) in [5.41, 5.74) is 1.05. The van der Waals surface area contributed by atoms with Crippen LogP contribution in [0.1, 0.15) is 34.3 Å². The van der Waals surface area contributed by atoms with Crippen LogP contribution < -0.4 is 15.8 Å². The summed E-state index contributed by atoms with van der Waals surface area (Å²) < 4.78 is 67.6. The quantitative estimate of drug-likeness (QED) is 0.263. The maximum Gasteiger partial charge on any atom is 0.424 e. The average Bonchev–Trinajstić information content (AvgIpc) is 3.27. The van der Waals surface area contributed by atoms with E-state index in [1.165, 1.54) is 30.3 Å². The molecule has 0 radical (unpaired) electrons. The number of amides is 2. The molecule has 0 bridgehead atoms. The molecule has 210 valence electrons. The topological polar surface area (TPSA) is 141 Å². The molecule has 0 saturated heterocycles. The highest BCUT2D eigenvalue weighted by Gasteiger charge is 2.56. The van der Waals surface area contributed by atoms with E-state index in [-0.39, 0.29) is 34.7 Å². The van der Waals surface area contributed by atoms with Gasteiger partial charge in [-0.15, -0.1) is 0 Å². The average molecular weight is 561 g/mol. The fourth-order valence-electron chi connectivity index (χ4n) is 4.08. The lowest BCUT2D eigenvalue weighted by Crippen LogP contribution is -2.51. The Hall–Kier alpha value is -4.52. The van der Waals surface area contributed by atoms with Gasteiger partial charge in [0.1, 0.15) is 28.5 Å². The van der Waals surface area contributed by atoms with Crippen molar-refractivity contribution in [2.24, 2.45) is 5.73 Å². The highest BCUT2D eigenvalue weighted by atomic mass is 19.4. The highest BCUT2D eigenvalue weighted by molar-refractivity contribution is 5.98. The number of hydrogen-bond donors (Lipinski definition) is 3. The third-order valence-electron chi connectivity index (χ3n) is 6.14. The zero-order chi connectivity index (χ0) is 29.2. The first kappa shape index (κ1) is 28.5. The summed E-state index contributed by atoms with van der Waals surface area (Å²) in [6.45, 7) is 1.95. The number of primary amides is 1. The standard InChI is InChI=1S/C27H24F4N4O5/c1-3-39-24-17(12-22(32)36)11-21(34-23(24)15-4-7-18(28)8-5-15)26(38,27(29,30)31)13-33-25(37)16-6-9-20-19(10-16)14(2)40-35-20/h4-11,38H,3,12-13H2,1-2H3,(H2,32,36)(H,33,37)/t26-/m0/s1. The van der Waals surface area contributed by atoms with Gasteiger partial charge in [-0.3, -0.25) is 9.59 Å². The van der Waals surface area contributed by atoms with Crippen molar-refractivity contribution in [2.75, 3.05) is 13.2 Å². The summed E-state index contributed by atoms with van der Waals surface area (Å²) in [6.07, 6.45) is -5.88. The SMILES string of the molecule is CCOc1c(CC(N)=O)cc([C@@](O)(CNC(=O)c2ccc3noc(C)c3c2)C(F)(F)F)nc1-c1ccc(F)cc1. The van der Waals surface area contributed by atoms with E-state index < -0.39 is 48.1 Å². The lowest BCUT2D eigenvalue weighted by atomic mass is 9.93. The summed E-state index contributed by atoms with van der Waals surface area (Å²) in [5, 5.41) is 17.5. The van der Waals surface area contributed by atoms with Crippen LogP contribution in [0.4, 0.5) is 17.6 Å². The van der Waals surface area contributed by atoms with Crippen LogP contribution in [0.2, 0.25) is 0 Å². The first-order chi connectivity index (χ1) is 18.8. The molecule has 0 saturated carbocycles. The zero-order valence-electron chi connectivity index (χ0n) is 21.3. The monoisotopic (exact) mass is 560 g/mol. The Balaban J connectivity index is 1.79. The minimum absolute atomic E-state index is 0.00407. The molecule has 2 aromatic carbocycles. The first-order valence-corrected chi connectivity index (χ1v) is 12.0. The Bertz CT molecular complexity index is 1570. The van der Waals surface area contributed by atoms with Gasteiger partial charge in [0.05, 0.1) is 25.3 Å². The second-order valence-corrected chi connectivity index (χ2v) is 8.94. The Kier molecular flexibility index (Phi) is 7.78. The summed E-state index contributed by atoms with van der Waals surface area (Å²) in [4.78, 5) is 28.7. The van der Waals surface area contributed by atoms with E-state index in [1.807, 2.05) is 0 Å². The van der Waals surface area contributed by atoms with Gasteiger partial charge in [0.2, 0.25) is 11.5 Å². The first-order valence-electron chi connectivity index (χ1n) is 12.0. The van der Waals surface area contributed by atoms with Gasteiger partial charge < -0.3 is 25.4 Å². The normalized spacial score (nSPS) is 13.2. The van der Waals surface area contributed by atoms with Gasteiger partial charge in [-0.25, -0.2) is 9.37 Å². The van der Waals surface area contributed by atoms with Gasteiger partial charge in [-0.2, -0.15) is 13.2 Å². The number of alkyl halides is 3. The van der Waals surface area contributed by atoms with Crippen LogP contribution in [-0.4, -0.2) is 46.4 Å². The molecule has 13 heteroatoms. The number of hydrogen-bond acceptors (Lipinski definition) is 7. The number of halogens is 4. The number of carbonyl (C=O) groups is 2. The van der Waals surface area contributed by atoms with Gasteiger partial charge in [0.15, 0.2) is 0 Å². The number of aliphatic hydroxyl groups is 1. The van der Waals surface area contributed by atoms with Crippen molar-refractivity contribution in [1.29, 1.82) is 0 Å². The number of nitrogens with one attached hydrogen (secondary N) is 1. The molecule has 4 rings (SSSR count). The number of nitrogens with two attached hydrogens (primary N) is 1. The molecule has 0 fully saturated rings. The van der Waals surface area contributed by atoms with Gasteiger partial charge >= 0.3 is 6.18 Å². The Labute approximate surface area is 224 Å². The molecule has 0 aliphatic rings. The molecule has 4 aromatic rings. The molecule has 40 heavy (non-hydrogen) atoms. The number of aromatic nitrogens is 2. The zero-order valence-corrected chi connectivity index (χ0v) is 21.3. The van der Waals surface area contributed by atoms with Crippen LogP contribution in [0.15, 0.2) is 53.1 Å². The number of carbonyl (C=O) groups excluding carboxylic acids is 2. The van der Waals surface area contributed by atoms with E-state index in [0.717, 1.165) is 18.2 Å². The predicted octanol–water partition coefficient (Wildman–Crippen LogP) is 3.94. The lowest BCUT2D eigenvalue weighted by Gasteiger charge is -2.31. The summed E-state index contributed by atoms with van der Waals surface area (Å²) in [7, 11) is 0. The van der Waals surface area contributed by atoms with Crippen LogP contribution in [0.3, 0.4) is 0 Å². The van der Waals surface area contributed by atoms with E-state index in [4.69, 9.17) is 15.0 Å². The van der Waals surface area contributed by atoms with Crippen LogP contribution >= 0.6 is 0 Å². The van der Waals surface area contributed by atoms with Crippen molar-refractivity contribution in [2.45, 2.75) is 32.0 Å². The fourth-order valence-corrected chi connectivity index (χ4v) is 4.08. The molecule has 0 unspecified atom stereocenters. The molecular weight excluding hydrogens is 536 g/mol. The fraction of sp³-hybridized carbons (Fsp3) is 0.259. The largest absolute Gasteiger partial charge is 0.491 e. The van der Waals surface area contributed by atoms with Crippen molar-refractivity contribution >= 4 is 22.7 Å². The second-order valence-electron chi connectivity index (χ2n) is 8.94. The highest BCUT2D eigenvalue weighted by Crippen LogP contribution is 2.42. The number of pyridine rings is 1. The van der Waals surface area contributed by atoms with Crippen molar-refractivity contribution in [3.05, 3.63) is 76.9 Å². The summed E-state index contributed by atoms with van der Waals surface area (Å²) in [6, 6.07) is 9.72. The van der Waals surface area contributed by atoms with Crippen molar-refractivity contribution in [1.82, 2.24) is 15.5 Å². The molecule has 2 heterocycles. The van der Waals surface area contributed by atoms with Crippen LogP contribution in [-0.2, 0) is 16.8 Å². The van der Waals surface area contributed by atoms with Crippen LogP contribution in [0, 0.1) is 12.7 Å². The molecule has 2 amide bonds. The molecule has 0 aliphatic heterocycles. The van der Waals surface area contributed by atoms with E-state index in [0.29, 0.717) is 16.7 Å². The lowest BCUT2D eigenvalue weighted by molar-refractivity contribution is -0.265. The number of nitrogens with zero attached hydrogens (tertiary/aromatic N) is 2. The number of benzene rings is 2. The van der Waals surface area contributed by atoms with E-state index in [1.54, 1.807) is 13.8 Å². The molecule has 9 nitrogen and oxygen atoms in total. The number of aryl methyl sites for hydroxylation is 1. The molecule has 4 N–H and O–H groups in total. The maximum absolute atomic E-state index is 14.5. The van der Waals surface area contributed by atoms with Gasteiger partial charge in [0.25, 0.3) is 5.91 Å². The Morgan fingerprint density at radius 1 is 1.12 bits per heavy atom. The third kappa shape index (κ3) is 5.59. The van der Waals surface area contributed by atoms with E-state index in [2.05, 4.69) is 15.5 Å². The minimum atomic E-state index is -5.33. The van der Waals surface area contributed by atoms with Crippen LogP contribution in [0.25, 0.3) is 22.2 Å². The maximum atomic E-state index is 14.5. The van der Waals surface area contributed by atoms with E-state index in [9.17, 15) is 32.3 Å². The Morgan fingerprint density at radius 3 is 2.45 bits per heavy atom. The van der Waals surface area contributed by atoms with Crippen molar-refractivity contribution in [3.8, 4) is 17.0 Å². The van der Waals surface area contributed by atoms with E-state index >= 15 is 0 Å². The third-order valence-corrected chi connectivity index (χ3v) is 6.14. The minimum Gasteiger partial charge on any atom is -0.491 e. The molecular formula is C27H24F4N4O5. The molecule has 2 aromatic heterocycles. The van der Waals surface area contributed by atoms with Gasteiger partial charge in [-0.05, 0) is 62.4 Å². The number of rotatable bonds is 9. The van der Waals surface area contributed by atoms with Crippen molar-refractivity contribution < 1.29 is 41.5 Å². The summed E-state index contributed by atoms with van der Waals surface area (Å²) in [5.74, 6) is -2.05. The molecule has 0 aliphatic carbocycles. The van der Waals surface area contributed by atoms with Crippen LogP contribution in [0.5, 0.6) is 5.75 Å². The molecule has 0 spiro atoms. The number of ether oxygens (including phenoxy) is 1.